The zero-order valence-electron chi connectivity index (χ0n) is 10.7. The third-order valence-electron chi connectivity index (χ3n) is 3.06. The van der Waals surface area contributed by atoms with Crippen LogP contribution in [-0.2, 0) is 10.0 Å². The molecule has 106 valence electrons. The van der Waals surface area contributed by atoms with Crippen LogP contribution in [0.1, 0.15) is 12.8 Å². The molecule has 2 rings (SSSR count). The molecule has 1 aliphatic rings. The standard InChI is InChI=1S/C12H18N2O4S/c1-18-10-3-5-11(6-4-10)19(16,17)14-12(15)7-2-8-13-9-12/h3-6,13-15H,2,7-9H2,1H3. The molecule has 7 heteroatoms. The monoisotopic (exact) mass is 286 g/mol. The number of nitrogens with one attached hydrogen (secondary N) is 2. The van der Waals surface area contributed by atoms with E-state index in [0.717, 1.165) is 13.0 Å². The summed E-state index contributed by atoms with van der Waals surface area (Å²) in [6.07, 6.45) is 1.12. The van der Waals surface area contributed by atoms with Crippen molar-refractivity contribution in [3.8, 4) is 5.75 Å². The Bertz CT molecular complexity index is 521. The van der Waals surface area contributed by atoms with Gasteiger partial charge in [-0.25, -0.2) is 8.42 Å². The number of methoxy groups -OCH3 is 1. The molecule has 1 atom stereocenters. The van der Waals surface area contributed by atoms with Gasteiger partial charge < -0.3 is 15.2 Å². The highest BCUT2D eigenvalue weighted by atomic mass is 32.2. The Morgan fingerprint density at radius 1 is 1.37 bits per heavy atom. The van der Waals surface area contributed by atoms with Crippen LogP contribution in [-0.4, -0.2) is 39.4 Å². The molecule has 3 N–H and O–H groups in total. The number of ether oxygens (including phenoxy) is 1. The van der Waals surface area contributed by atoms with E-state index in [1.165, 1.54) is 19.2 Å². The average Bonchev–Trinajstić information content (AvgIpc) is 2.38. The van der Waals surface area contributed by atoms with Crippen molar-refractivity contribution in [2.75, 3.05) is 20.2 Å². The minimum atomic E-state index is -3.74. The molecule has 0 aromatic heterocycles. The smallest absolute Gasteiger partial charge is 0.242 e. The molecule has 1 saturated heterocycles. The summed E-state index contributed by atoms with van der Waals surface area (Å²) < 4.78 is 31.7. The van der Waals surface area contributed by atoms with Gasteiger partial charge in [0, 0.05) is 6.54 Å². The van der Waals surface area contributed by atoms with Gasteiger partial charge in [0.1, 0.15) is 11.5 Å². The molecular weight excluding hydrogens is 268 g/mol. The Morgan fingerprint density at radius 3 is 2.58 bits per heavy atom. The number of piperidine rings is 1. The van der Waals surface area contributed by atoms with Crippen molar-refractivity contribution in [2.24, 2.45) is 0 Å². The van der Waals surface area contributed by atoms with Crippen molar-refractivity contribution in [2.45, 2.75) is 23.5 Å². The molecule has 1 fully saturated rings. The molecule has 0 aliphatic carbocycles. The van der Waals surface area contributed by atoms with Crippen molar-refractivity contribution in [1.82, 2.24) is 10.0 Å². The Labute approximate surface area is 112 Å². The highest BCUT2D eigenvalue weighted by molar-refractivity contribution is 7.89. The van der Waals surface area contributed by atoms with Gasteiger partial charge in [-0.05, 0) is 43.7 Å². The van der Waals surface area contributed by atoms with Crippen molar-refractivity contribution < 1.29 is 18.3 Å². The predicted octanol–water partition coefficient (Wildman–Crippen LogP) is 0.0455. The van der Waals surface area contributed by atoms with Gasteiger partial charge in [-0.3, -0.25) is 0 Å². The van der Waals surface area contributed by atoms with Gasteiger partial charge in [0.2, 0.25) is 10.0 Å². The number of rotatable bonds is 4. The molecule has 0 amide bonds. The van der Waals surface area contributed by atoms with Crippen LogP contribution in [0.4, 0.5) is 0 Å². The Hall–Kier alpha value is -1.15. The number of hydrogen-bond donors (Lipinski definition) is 3. The predicted molar refractivity (Wildman–Crippen MR) is 70.4 cm³/mol. The lowest BCUT2D eigenvalue weighted by Crippen LogP contribution is -2.57. The van der Waals surface area contributed by atoms with E-state index in [2.05, 4.69) is 10.0 Å². The summed E-state index contributed by atoms with van der Waals surface area (Å²) >= 11 is 0. The molecule has 1 heterocycles. The van der Waals surface area contributed by atoms with E-state index in [1.54, 1.807) is 12.1 Å². The molecule has 1 unspecified atom stereocenters. The maximum Gasteiger partial charge on any atom is 0.242 e. The summed E-state index contributed by atoms with van der Waals surface area (Å²) in [4.78, 5) is 0.104. The minimum absolute atomic E-state index is 0.104. The van der Waals surface area contributed by atoms with Crippen molar-refractivity contribution in [3.63, 3.8) is 0 Å². The van der Waals surface area contributed by atoms with E-state index in [4.69, 9.17) is 4.74 Å². The Balaban J connectivity index is 2.17. The number of aliphatic hydroxyl groups is 1. The quantitative estimate of drug-likeness (QED) is 0.681. The van der Waals surface area contributed by atoms with Crippen molar-refractivity contribution in [1.29, 1.82) is 0 Å². The van der Waals surface area contributed by atoms with E-state index in [1.807, 2.05) is 0 Å². The summed E-state index contributed by atoms with van der Waals surface area (Å²) in [6, 6.07) is 6.02. The molecule has 0 bridgehead atoms. The molecule has 0 saturated carbocycles. The van der Waals surface area contributed by atoms with Crippen LogP contribution in [0.3, 0.4) is 0 Å². The van der Waals surface area contributed by atoms with Gasteiger partial charge in [0.25, 0.3) is 0 Å². The second kappa shape index (κ2) is 5.46. The van der Waals surface area contributed by atoms with Gasteiger partial charge in [-0.2, -0.15) is 4.72 Å². The lowest BCUT2D eigenvalue weighted by atomic mass is 10.1. The topological polar surface area (TPSA) is 87.7 Å². The highest BCUT2D eigenvalue weighted by Crippen LogP contribution is 2.19. The summed E-state index contributed by atoms with van der Waals surface area (Å²) in [5.41, 5.74) is -1.42. The van der Waals surface area contributed by atoms with Crippen molar-refractivity contribution >= 4 is 10.0 Å². The van der Waals surface area contributed by atoms with E-state index in [9.17, 15) is 13.5 Å². The number of β-amino-alcohol motifs (C(OH)–C–C–N with tert-alkyl or cyclic N) is 1. The molecule has 1 aliphatic heterocycles. The van der Waals surface area contributed by atoms with Gasteiger partial charge in [-0.1, -0.05) is 0 Å². The molecule has 1 aromatic rings. The second-order valence-corrected chi connectivity index (χ2v) is 6.28. The molecule has 19 heavy (non-hydrogen) atoms. The normalized spacial score (nSPS) is 24.1. The first-order chi connectivity index (χ1) is 8.95. The van der Waals surface area contributed by atoms with Crippen LogP contribution < -0.4 is 14.8 Å². The van der Waals surface area contributed by atoms with Gasteiger partial charge in [0.05, 0.1) is 12.0 Å². The maximum absolute atomic E-state index is 12.2. The fourth-order valence-corrected chi connectivity index (χ4v) is 3.33. The molecular formula is C12H18N2O4S. The molecule has 0 spiro atoms. The summed E-state index contributed by atoms with van der Waals surface area (Å²) in [5.74, 6) is 0.581. The second-order valence-electron chi connectivity index (χ2n) is 4.59. The Kier molecular flexibility index (Phi) is 4.10. The number of hydrogen-bond acceptors (Lipinski definition) is 5. The van der Waals surface area contributed by atoms with Gasteiger partial charge >= 0.3 is 0 Å². The van der Waals surface area contributed by atoms with E-state index in [-0.39, 0.29) is 11.4 Å². The lowest BCUT2D eigenvalue weighted by Gasteiger charge is -2.32. The molecule has 1 aromatic carbocycles. The summed E-state index contributed by atoms with van der Waals surface area (Å²) in [5, 5.41) is 13.2. The van der Waals surface area contributed by atoms with Crippen LogP contribution in [0.15, 0.2) is 29.2 Å². The van der Waals surface area contributed by atoms with E-state index >= 15 is 0 Å². The summed E-state index contributed by atoms with van der Waals surface area (Å²) in [7, 11) is -2.23. The number of benzene rings is 1. The largest absolute Gasteiger partial charge is 0.497 e. The molecule has 0 radical (unpaired) electrons. The van der Waals surface area contributed by atoms with Crippen LogP contribution in [0.5, 0.6) is 5.75 Å². The first-order valence-electron chi connectivity index (χ1n) is 6.06. The van der Waals surface area contributed by atoms with Crippen LogP contribution in [0.25, 0.3) is 0 Å². The maximum atomic E-state index is 12.2. The van der Waals surface area contributed by atoms with Gasteiger partial charge in [-0.15, -0.1) is 0 Å². The highest BCUT2D eigenvalue weighted by Gasteiger charge is 2.34. The first-order valence-corrected chi connectivity index (χ1v) is 7.55. The fourth-order valence-electron chi connectivity index (χ4n) is 2.04. The zero-order chi connectivity index (χ0) is 13.9. The molecule has 6 nitrogen and oxygen atoms in total. The summed E-state index contributed by atoms with van der Waals surface area (Å²) in [6.45, 7) is 0.995. The van der Waals surface area contributed by atoms with E-state index in [0.29, 0.717) is 12.2 Å². The van der Waals surface area contributed by atoms with E-state index < -0.39 is 15.7 Å². The Morgan fingerprint density at radius 2 is 2.05 bits per heavy atom. The SMILES string of the molecule is COc1ccc(S(=O)(=O)NC2(O)CCCNC2)cc1. The van der Waals surface area contributed by atoms with Gasteiger partial charge in [0.15, 0.2) is 0 Å². The minimum Gasteiger partial charge on any atom is -0.497 e. The fraction of sp³-hybridized carbons (Fsp3) is 0.500. The van der Waals surface area contributed by atoms with Crippen molar-refractivity contribution in [3.05, 3.63) is 24.3 Å². The lowest BCUT2D eigenvalue weighted by molar-refractivity contribution is 0.00597. The third kappa shape index (κ3) is 3.44. The third-order valence-corrected chi connectivity index (χ3v) is 4.60. The van der Waals surface area contributed by atoms with Crippen LogP contribution in [0.2, 0.25) is 0 Å². The first kappa shape index (κ1) is 14.3. The van der Waals surface area contributed by atoms with Crippen LogP contribution in [0, 0.1) is 0 Å². The zero-order valence-corrected chi connectivity index (χ0v) is 11.5. The number of sulfonamides is 1. The average molecular weight is 286 g/mol. The van der Waals surface area contributed by atoms with Crippen LogP contribution >= 0.6 is 0 Å².